The van der Waals surface area contributed by atoms with E-state index in [4.69, 9.17) is 0 Å². The Labute approximate surface area is 110 Å². The summed E-state index contributed by atoms with van der Waals surface area (Å²) in [4.78, 5) is 5.83. The second kappa shape index (κ2) is 5.77. The van der Waals surface area contributed by atoms with Crippen molar-refractivity contribution in [3.63, 3.8) is 0 Å². The van der Waals surface area contributed by atoms with Crippen molar-refractivity contribution in [2.45, 2.75) is 19.0 Å². The largest absolute Gasteiger partial charge is 0.417 e. The number of rotatable bonds is 3. The predicted octanol–water partition coefficient (Wildman–Crippen LogP) is 2.54. The van der Waals surface area contributed by atoms with E-state index in [0.29, 0.717) is 11.7 Å². The molecule has 0 aromatic carbocycles. The molecule has 0 unspecified atom stereocenters. The van der Waals surface area contributed by atoms with Gasteiger partial charge in [0.15, 0.2) is 0 Å². The lowest BCUT2D eigenvalue weighted by molar-refractivity contribution is -0.137. The molecule has 0 atom stereocenters. The van der Waals surface area contributed by atoms with Gasteiger partial charge in [-0.15, -0.1) is 0 Å². The van der Waals surface area contributed by atoms with Gasteiger partial charge in [-0.05, 0) is 44.0 Å². The Hall–Kier alpha value is -1.30. The van der Waals surface area contributed by atoms with Gasteiger partial charge in [-0.25, -0.2) is 4.98 Å². The molecule has 0 amide bonds. The molecule has 3 nitrogen and oxygen atoms in total. The number of aromatic nitrogens is 1. The highest BCUT2D eigenvalue weighted by Crippen LogP contribution is 2.29. The minimum atomic E-state index is -4.32. The second-order valence-corrected chi connectivity index (χ2v) is 4.98. The van der Waals surface area contributed by atoms with Crippen molar-refractivity contribution < 1.29 is 13.2 Å². The fourth-order valence-electron chi connectivity index (χ4n) is 2.32. The Morgan fingerprint density at radius 3 is 2.53 bits per heavy atom. The normalized spacial score (nSPS) is 17.5. The quantitative estimate of drug-likeness (QED) is 0.917. The molecule has 6 heteroatoms. The molecule has 1 aromatic heterocycles. The van der Waals surface area contributed by atoms with Crippen LogP contribution in [-0.4, -0.2) is 31.7 Å². The van der Waals surface area contributed by atoms with Crippen molar-refractivity contribution in [2.75, 3.05) is 31.6 Å². The van der Waals surface area contributed by atoms with Crippen molar-refractivity contribution in [1.29, 1.82) is 0 Å². The number of halogens is 3. The smallest absolute Gasteiger partial charge is 0.359 e. The Kier molecular flexibility index (Phi) is 4.29. The van der Waals surface area contributed by atoms with Gasteiger partial charge in [0.05, 0.1) is 5.56 Å². The number of anilines is 1. The lowest BCUT2D eigenvalue weighted by atomic mass is 9.98. The molecular weight excluding hydrogens is 255 g/mol. The summed E-state index contributed by atoms with van der Waals surface area (Å²) >= 11 is 0. The lowest BCUT2D eigenvalue weighted by Gasteiger charge is -2.28. The van der Waals surface area contributed by atoms with Crippen LogP contribution in [0.5, 0.6) is 0 Å². The maximum Gasteiger partial charge on any atom is 0.417 e. The van der Waals surface area contributed by atoms with Gasteiger partial charge in [0, 0.05) is 19.8 Å². The van der Waals surface area contributed by atoms with E-state index in [0.717, 1.165) is 44.7 Å². The predicted molar refractivity (Wildman–Crippen MR) is 68.1 cm³/mol. The number of nitrogens with one attached hydrogen (secondary N) is 1. The third-order valence-electron chi connectivity index (χ3n) is 3.46. The summed E-state index contributed by atoms with van der Waals surface area (Å²) in [6.45, 7) is 2.86. The number of hydrogen-bond donors (Lipinski definition) is 1. The number of hydrogen-bond acceptors (Lipinski definition) is 3. The molecule has 1 N–H and O–H groups in total. The highest BCUT2D eigenvalue weighted by molar-refractivity contribution is 5.38. The third-order valence-corrected chi connectivity index (χ3v) is 3.46. The van der Waals surface area contributed by atoms with Gasteiger partial charge in [-0.3, -0.25) is 0 Å². The van der Waals surface area contributed by atoms with Crippen LogP contribution >= 0.6 is 0 Å². The molecule has 0 aliphatic carbocycles. The van der Waals surface area contributed by atoms with Crippen molar-refractivity contribution >= 4 is 5.82 Å². The maximum absolute atomic E-state index is 12.4. The first-order chi connectivity index (χ1) is 8.97. The van der Waals surface area contributed by atoms with E-state index in [1.807, 2.05) is 11.9 Å². The average molecular weight is 273 g/mol. The van der Waals surface area contributed by atoms with Crippen LogP contribution < -0.4 is 10.2 Å². The first kappa shape index (κ1) is 14.1. The van der Waals surface area contributed by atoms with Crippen LogP contribution in [0.2, 0.25) is 0 Å². The van der Waals surface area contributed by atoms with Gasteiger partial charge in [0.1, 0.15) is 5.82 Å². The molecule has 2 rings (SSSR count). The van der Waals surface area contributed by atoms with Crippen molar-refractivity contribution in [3.05, 3.63) is 23.9 Å². The molecule has 0 spiro atoms. The summed E-state index contributed by atoms with van der Waals surface area (Å²) in [6.07, 6.45) is -1.22. The zero-order valence-electron chi connectivity index (χ0n) is 10.9. The zero-order chi connectivity index (χ0) is 13.9. The maximum atomic E-state index is 12.4. The van der Waals surface area contributed by atoms with Gasteiger partial charge in [-0.2, -0.15) is 13.2 Å². The molecule has 19 heavy (non-hydrogen) atoms. The summed E-state index contributed by atoms with van der Waals surface area (Å²) in [5.41, 5.74) is -0.702. The van der Waals surface area contributed by atoms with Crippen LogP contribution in [0.3, 0.4) is 0 Å². The number of nitrogens with zero attached hydrogens (tertiary/aromatic N) is 2. The standard InChI is InChI=1S/C13H18F3N3/c1-19(9-10-4-6-17-7-5-10)12-3-2-11(8-18-12)13(14,15)16/h2-3,8,10,17H,4-7,9H2,1H3. The monoisotopic (exact) mass is 273 g/mol. The molecule has 1 aliphatic rings. The average Bonchev–Trinajstić information content (AvgIpc) is 2.39. The minimum absolute atomic E-state index is 0.579. The van der Waals surface area contributed by atoms with Crippen LogP contribution in [0.4, 0.5) is 19.0 Å². The van der Waals surface area contributed by atoms with Gasteiger partial charge in [0.25, 0.3) is 0 Å². The first-order valence-electron chi connectivity index (χ1n) is 6.42. The van der Waals surface area contributed by atoms with E-state index in [1.165, 1.54) is 6.07 Å². The van der Waals surface area contributed by atoms with Gasteiger partial charge in [-0.1, -0.05) is 0 Å². The molecule has 1 aliphatic heterocycles. The molecule has 0 saturated carbocycles. The zero-order valence-corrected chi connectivity index (χ0v) is 10.9. The van der Waals surface area contributed by atoms with Gasteiger partial charge >= 0.3 is 6.18 Å². The van der Waals surface area contributed by atoms with E-state index in [1.54, 1.807) is 0 Å². The summed E-state index contributed by atoms with van der Waals surface area (Å²) in [6, 6.07) is 2.52. The molecule has 1 aromatic rings. The van der Waals surface area contributed by atoms with Gasteiger partial charge < -0.3 is 10.2 Å². The SMILES string of the molecule is CN(CC1CCNCC1)c1ccc(C(F)(F)F)cn1. The molecule has 106 valence electrons. The van der Waals surface area contributed by atoms with E-state index in [-0.39, 0.29) is 0 Å². The Morgan fingerprint density at radius 1 is 1.32 bits per heavy atom. The second-order valence-electron chi connectivity index (χ2n) is 4.98. The highest BCUT2D eigenvalue weighted by Gasteiger charge is 2.30. The van der Waals surface area contributed by atoms with Crippen molar-refractivity contribution in [1.82, 2.24) is 10.3 Å². The van der Waals surface area contributed by atoms with Crippen LogP contribution in [0, 0.1) is 5.92 Å². The van der Waals surface area contributed by atoms with Crippen LogP contribution in [-0.2, 0) is 6.18 Å². The summed E-state index contributed by atoms with van der Waals surface area (Å²) in [7, 11) is 1.87. The van der Waals surface area contributed by atoms with Gasteiger partial charge in [0.2, 0.25) is 0 Å². The fraction of sp³-hybridized carbons (Fsp3) is 0.615. The van der Waals surface area contributed by atoms with E-state index >= 15 is 0 Å². The number of alkyl halides is 3. The van der Waals surface area contributed by atoms with E-state index in [2.05, 4.69) is 10.3 Å². The van der Waals surface area contributed by atoms with Crippen molar-refractivity contribution in [2.24, 2.45) is 5.92 Å². The molecule has 2 heterocycles. The molecule has 1 fully saturated rings. The number of pyridine rings is 1. The Bertz CT molecular complexity index is 397. The van der Waals surface area contributed by atoms with Crippen LogP contribution in [0.25, 0.3) is 0 Å². The third kappa shape index (κ3) is 3.83. The lowest BCUT2D eigenvalue weighted by Crippen LogP contribution is -2.34. The minimum Gasteiger partial charge on any atom is -0.359 e. The summed E-state index contributed by atoms with van der Waals surface area (Å²) < 4.78 is 37.3. The number of piperidine rings is 1. The van der Waals surface area contributed by atoms with Crippen molar-refractivity contribution in [3.8, 4) is 0 Å². The Morgan fingerprint density at radius 2 is 2.00 bits per heavy atom. The summed E-state index contributed by atoms with van der Waals surface area (Å²) in [5, 5.41) is 3.29. The molecule has 0 bridgehead atoms. The van der Waals surface area contributed by atoms with E-state index in [9.17, 15) is 13.2 Å². The van der Waals surface area contributed by atoms with E-state index < -0.39 is 11.7 Å². The Balaban J connectivity index is 1.97. The van der Waals surface area contributed by atoms with Crippen LogP contribution in [0.1, 0.15) is 18.4 Å². The topological polar surface area (TPSA) is 28.2 Å². The summed E-state index contributed by atoms with van der Waals surface area (Å²) in [5.74, 6) is 1.17. The molecule has 1 saturated heterocycles. The molecular formula is C13H18F3N3. The molecule has 0 radical (unpaired) electrons. The first-order valence-corrected chi connectivity index (χ1v) is 6.42. The highest BCUT2D eigenvalue weighted by atomic mass is 19.4. The van der Waals surface area contributed by atoms with Crippen LogP contribution in [0.15, 0.2) is 18.3 Å². The fourth-order valence-corrected chi connectivity index (χ4v) is 2.32.